The Balaban J connectivity index is 1.25. The summed E-state index contributed by atoms with van der Waals surface area (Å²) in [5.74, 6) is 1.80. The second-order valence-corrected chi connectivity index (χ2v) is 13.2. The molecule has 0 aliphatic carbocycles. The van der Waals surface area contributed by atoms with Gasteiger partial charge in [-0.1, -0.05) is 152 Å². The molecule has 0 unspecified atom stereocenters. The summed E-state index contributed by atoms with van der Waals surface area (Å²) in [7, 11) is 0. The maximum Gasteiger partial charge on any atom is 0.164 e. The number of hydrogen-bond donors (Lipinski definition) is 0. The molecule has 0 radical (unpaired) electrons. The van der Waals surface area contributed by atoms with Gasteiger partial charge in [-0.2, -0.15) is 0 Å². The lowest BCUT2D eigenvalue weighted by Gasteiger charge is -2.13. The molecule has 0 amide bonds. The Morgan fingerprint density at radius 1 is 0.321 bits per heavy atom. The van der Waals surface area contributed by atoms with E-state index < -0.39 is 0 Å². The highest BCUT2D eigenvalue weighted by molar-refractivity contribution is 6.21. The van der Waals surface area contributed by atoms with Crippen LogP contribution in [0.2, 0.25) is 0 Å². The predicted molar refractivity (Wildman–Crippen MR) is 217 cm³/mol. The summed E-state index contributed by atoms with van der Waals surface area (Å²) in [6.07, 6.45) is 0. The van der Waals surface area contributed by atoms with Crippen LogP contribution in [0.3, 0.4) is 0 Å². The number of fused-ring (bicyclic) bond motifs is 5. The second kappa shape index (κ2) is 12.9. The molecule has 2 heterocycles. The minimum absolute atomic E-state index is 0.589. The van der Waals surface area contributed by atoms with Crippen LogP contribution in [0.1, 0.15) is 0 Å². The highest BCUT2D eigenvalue weighted by Crippen LogP contribution is 2.42. The molecule has 0 bridgehead atoms. The van der Waals surface area contributed by atoms with E-state index in [9.17, 15) is 0 Å². The predicted octanol–water partition coefficient (Wildman–Crippen LogP) is 12.9. The van der Waals surface area contributed by atoms with Crippen LogP contribution in [-0.4, -0.2) is 15.0 Å². The maximum atomic E-state index is 6.71. The second-order valence-electron chi connectivity index (χ2n) is 13.2. The van der Waals surface area contributed by atoms with Crippen molar-refractivity contribution in [3.63, 3.8) is 0 Å². The summed E-state index contributed by atoms with van der Waals surface area (Å²) in [4.78, 5) is 15.7. The molecule has 0 aliphatic rings. The minimum Gasteiger partial charge on any atom is -0.455 e. The van der Waals surface area contributed by atoms with Crippen LogP contribution in [0, 0.1) is 0 Å². The largest absolute Gasteiger partial charge is 0.455 e. The Labute approximate surface area is 306 Å². The molecule has 0 saturated carbocycles. The van der Waals surface area contributed by atoms with Gasteiger partial charge in [-0.3, -0.25) is 0 Å². The van der Waals surface area contributed by atoms with Crippen LogP contribution in [0.15, 0.2) is 192 Å². The normalized spacial score (nSPS) is 11.4. The lowest BCUT2D eigenvalue weighted by atomic mass is 9.95. The van der Waals surface area contributed by atoms with E-state index in [1.807, 2.05) is 60.7 Å². The summed E-state index contributed by atoms with van der Waals surface area (Å²) in [6, 6.07) is 65.1. The van der Waals surface area contributed by atoms with Crippen molar-refractivity contribution in [2.24, 2.45) is 0 Å². The van der Waals surface area contributed by atoms with Crippen molar-refractivity contribution in [3.05, 3.63) is 188 Å². The van der Waals surface area contributed by atoms with Gasteiger partial charge in [0, 0.05) is 32.8 Å². The topological polar surface area (TPSA) is 51.8 Å². The van der Waals surface area contributed by atoms with Gasteiger partial charge < -0.3 is 4.42 Å². The molecule has 2 aromatic heterocycles. The van der Waals surface area contributed by atoms with E-state index in [0.29, 0.717) is 17.5 Å². The Hall–Kier alpha value is -7.17. The van der Waals surface area contributed by atoms with Crippen molar-refractivity contribution in [1.29, 1.82) is 0 Å². The molecule has 4 nitrogen and oxygen atoms in total. The molecule has 0 saturated heterocycles. The van der Waals surface area contributed by atoms with E-state index in [2.05, 4.69) is 127 Å². The number of rotatable bonds is 6. The first-order valence-corrected chi connectivity index (χ1v) is 17.8. The molecule has 248 valence electrons. The molecule has 53 heavy (non-hydrogen) atoms. The first-order chi connectivity index (χ1) is 26.2. The Morgan fingerprint density at radius 3 is 1.43 bits per heavy atom. The molecule has 10 aromatic rings. The SMILES string of the molecule is c1ccc(-c2cc(-c3ccccc3)cc(-c3nc(-c4ccccc4)nc(-c4cc5ccc(-c6ccccc6)cc5c5oc6ccccc6c45)n3)c2)cc1. The van der Waals surface area contributed by atoms with Crippen LogP contribution in [0.25, 0.3) is 100 Å². The quantitative estimate of drug-likeness (QED) is 0.176. The molecular weight excluding hydrogens is 647 g/mol. The monoisotopic (exact) mass is 677 g/mol. The molecule has 0 N–H and O–H groups in total. The van der Waals surface area contributed by atoms with Gasteiger partial charge in [-0.25, -0.2) is 15.0 Å². The third-order valence-electron chi connectivity index (χ3n) is 9.88. The summed E-state index contributed by atoms with van der Waals surface area (Å²) in [5, 5.41) is 4.09. The van der Waals surface area contributed by atoms with Crippen molar-refractivity contribution in [1.82, 2.24) is 15.0 Å². The Bertz CT molecular complexity index is 2860. The van der Waals surface area contributed by atoms with E-state index in [0.717, 1.165) is 82.8 Å². The summed E-state index contributed by atoms with van der Waals surface area (Å²) >= 11 is 0. The van der Waals surface area contributed by atoms with Crippen molar-refractivity contribution in [2.75, 3.05) is 0 Å². The molecular formula is C49H31N3O. The van der Waals surface area contributed by atoms with Gasteiger partial charge in [-0.15, -0.1) is 0 Å². The summed E-state index contributed by atoms with van der Waals surface area (Å²) in [5.41, 5.74) is 11.1. The van der Waals surface area contributed by atoms with Gasteiger partial charge >= 0.3 is 0 Å². The van der Waals surface area contributed by atoms with Crippen molar-refractivity contribution in [2.45, 2.75) is 0 Å². The minimum atomic E-state index is 0.589. The molecule has 0 aliphatic heterocycles. The molecule has 10 rings (SSSR count). The zero-order chi connectivity index (χ0) is 35.1. The van der Waals surface area contributed by atoms with Gasteiger partial charge in [0.05, 0.1) is 0 Å². The number of para-hydroxylation sites is 1. The average Bonchev–Trinajstić information content (AvgIpc) is 3.64. The molecule has 0 spiro atoms. The van der Waals surface area contributed by atoms with Gasteiger partial charge in [0.15, 0.2) is 17.5 Å². The van der Waals surface area contributed by atoms with Crippen molar-refractivity contribution < 1.29 is 4.42 Å². The standard InChI is InChI=1S/C49H31N3O/c1-5-15-32(16-6-1)36-25-26-37-31-43(45-41-23-13-14-24-44(41)53-46(45)42(37)30-36)49-51-47(35-21-11-4-12-22-35)50-48(52-49)40-28-38(33-17-7-2-8-18-33)27-39(29-40)34-19-9-3-10-20-34/h1-31H. The van der Waals surface area contributed by atoms with E-state index in [4.69, 9.17) is 19.4 Å². The van der Waals surface area contributed by atoms with Crippen molar-refractivity contribution >= 4 is 32.7 Å². The number of aromatic nitrogens is 3. The lowest BCUT2D eigenvalue weighted by Crippen LogP contribution is -2.01. The van der Waals surface area contributed by atoms with E-state index in [-0.39, 0.29) is 0 Å². The van der Waals surface area contributed by atoms with E-state index in [1.165, 1.54) is 0 Å². The van der Waals surface area contributed by atoms with Crippen molar-refractivity contribution in [3.8, 4) is 67.5 Å². The lowest BCUT2D eigenvalue weighted by molar-refractivity contribution is 0.672. The van der Waals surface area contributed by atoms with Gasteiger partial charge in [0.1, 0.15) is 11.2 Å². The van der Waals surface area contributed by atoms with Gasteiger partial charge in [0.25, 0.3) is 0 Å². The fourth-order valence-electron chi connectivity index (χ4n) is 7.29. The number of hydrogen-bond acceptors (Lipinski definition) is 4. The first-order valence-electron chi connectivity index (χ1n) is 17.8. The Kier molecular flexibility index (Phi) is 7.43. The van der Waals surface area contributed by atoms with Gasteiger partial charge in [-0.05, 0) is 75.2 Å². The smallest absolute Gasteiger partial charge is 0.164 e. The average molecular weight is 678 g/mol. The fraction of sp³-hybridized carbons (Fsp3) is 0. The van der Waals surface area contributed by atoms with Crippen LogP contribution in [-0.2, 0) is 0 Å². The van der Waals surface area contributed by atoms with E-state index >= 15 is 0 Å². The molecule has 8 aromatic carbocycles. The number of furan rings is 1. The summed E-state index contributed by atoms with van der Waals surface area (Å²) in [6.45, 7) is 0. The fourth-order valence-corrected chi connectivity index (χ4v) is 7.29. The van der Waals surface area contributed by atoms with Crippen LogP contribution < -0.4 is 0 Å². The zero-order valence-corrected chi connectivity index (χ0v) is 28.6. The molecule has 4 heteroatoms. The zero-order valence-electron chi connectivity index (χ0n) is 28.6. The van der Waals surface area contributed by atoms with Crippen LogP contribution in [0.5, 0.6) is 0 Å². The summed E-state index contributed by atoms with van der Waals surface area (Å²) < 4.78 is 6.71. The molecule has 0 atom stereocenters. The maximum absolute atomic E-state index is 6.71. The van der Waals surface area contributed by atoms with E-state index in [1.54, 1.807) is 0 Å². The third kappa shape index (κ3) is 5.63. The van der Waals surface area contributed by atoms with Crippen LogP contribution in [0.4, 0.5) is 0 Å². The number of nitrogens with zero attached hydrogens (tertiary/aromatic N) is 3. The first kappa shape index (κ1) is 30.6. The Morgan fingerprint density at radius 2 is 0.811 bits per heavy atom. The highest BCUT2D eigenvalue weighted by Gasteiger charge is 2.21. The number of benzene rings is 8. The highest BCUT2D eigenvalue weighted by atomic mass is 16.3. The van der Waals surface area contributed by atoms with Gasteiger partial charge in [0.2, 0.25) is 0 Å². The third-order valence-corrected chi connectivity index (χ3v) is 9.88. The molecule has 0 fully saturated rings. The van der Waals surface area contributed by atoms with Crippen LogP contribution >= 0.6 is 0 Å².